The van der Waals surface area contributed by atoms with Crippen LogP contribution in [-0.2, 0) is 4.74 Å². The highest BCUT2D eigenvalue weighted by molar-refractivity contribution is 7.18. The number of hydrogen-bond acceptors (Lipinski definition) is 5. The molecule has 2 aromatic rings. The lowest BCUT2D eigenvalue weighted by atomic mass is 10.1. The van der Waals surface area contributed by atoms with Crippen molar-refractivity contribution >= 4 is 34.3 Å². The van der Waals surface area contributed by atoms with Gasteiger partial charge < -0.3 is 10.5 Å². The Kier molecular flexibility index (Phi) is 3.93. The fraction of sp³-hybridized carbons (Fsp3) is 0.400. The molecule has 20 heavy (non-hydrogen) atoms. The molecule has 0 radical (unpaired) electrons. The minimum atomic E-state index is -0.514. The maximum atomic E-state index is 12.2. The van der Waals surface area contributed by atoms with Gasteiger partial charge >= 0.3 is 5.97 Å². The van der Waals surface area contributed by atoms with Crippen LogP contribution in [0.2, 0.25) is 0 Å². The fourth-order valence-electron chi connectivity index (χ4n) is 1.85. The Bertz CT molecular complexity index is 647. The first kappa shape index (κ1) is 15.1. The van der Waals surface area contributed by atoms with Gasteiger partial charge in [-0.2, -0.15) is 11.3 Å². The molecule has 0 aliphatic carbocycles. The number of nitrogen functional groups attached to an aromatic ring is 1. The molecule has 2 N–H and O–H groups in total. The van der Waals surface area contributed by atoms with Crippen molar-refractivity contribution in [2.45, 2.75) is 40.2 Å². The van der Waals surface area contributed by atoms with Crippen molar-refractivity contribution in [3.63, 3.8) is 0 Å². The molecule has 0 fully saturated rings. The highest BCUT2D eigenvalue weighted by Crippen LogP contribution is 2.41. The van der Waals surface area contributed by atoms with Crippen LogP contribution in [0.15, 0.2) is 10.8 Å². The molecule has 2 rings (SSSR count). The van der Waals surface area contributed by atoms with Crippen molar-refractivity contribution in [1.29, 1.82) is 0 Å². The quantitative estimate of drug-likeness (QED) is 0.823. The van der Waals surface area contributed by atoms with Crippen LogP contribution in [-0.4, -0.2) is 11.6 Å². The zero-order valence-electron chi connectivity index (χ0n) is 12.4. The summed E-state index contributed by atoms with van der Waals surface area (Å²) in [4.78, 5) is 13.8. The van der Waals surface area contributed by atoms with Gasteiger partial charge in [0.1, 0.15) is 10.5 Å². The van der Waals surface area contributed by atoms with Crippen molar-refractivity contribution in [1.82, 2.24) is 0 Å². The number of aryl methyl sites for hydroxylation is 1. The summed E-state index contributed by atoms with van der Waals surface area (Å²) in [5.41, 5.74) is 9.42. The Morgan fingerprint density at radius 1 is 1.25 bits per heavy atom. The van der Waals surface area contributed by atoms with Crippen LogP contribution in [0, 0.1) is 13.8 Å². The third-order valence-electron chi connectivity index (χ3n) is 2.88. The third-order valence-corrected chi connectivity index (χ3v) is 5.06. The average molecular weight is 309 g/mol. The molecule has 0 saturated heterocycles. The molecule has 108 valence electrons. The van der Waals surface area contributed by atoms with Crippen molar-refractivity contribution in [2.24, 2.45) is 0 Å². The number of ether oxygens (including phenoxy) is 1. The maximum absolute atomic E-state index is 12.2. The summed E-state index contributed by atoms with van der Waals surface area (Å²) >= 11 is 3.07. The van der Waals surface area contributed by atoms with Gasteiger partial charge in [-0.1, -0.05) is 0 Å². The van der Waals surface area contributed by atoms with Crippen LogP contribution in [0.1, 0.15) is 41.6 Å². The molecule has 0 saturated carbocycles. The van der Waals surface area contributed by atoms with E-state index in [0.29, 0.717) is 10.6 Å². The van der Waals surface area contributed by atoms with Gasteiger partial charge in [0.25, 0.3) is 0 Å². The summed E-state index contributed by atoms with van der Waals surface area (Å²) in [6.07, 6.45) is 0. The van der Waals surface area contributed by atoms with Crippen LogP contribution >= 0.6 is 22.7 Å². The van der Waals surface area contributed by atoms with Crippen LogP contribution in [0.3, 0.4) is 0 Å². The Morgan fingerprint density at radius 3 is 2.40 bits per heavy atom. The van der Waals surface area contributed by atoms with E-state index in [1.807, 2.05) is 27.7 Å². The first-order chi connectivity index (χ1) is 9.20. The second kappa shape index (κ2) is 5.22. The predicted molar refractivity (Wildman–Crippen MR) is 86.7 cm³/mol. The molecule has 3 nitrogen and oxygen atoms in total. The van der Waals surface area contributed by atoms with Gasteiger partial charge in [0.2, 0.25) is 0 Å². The molecule has 0 spiro atoms. The Hall–Kier alpha value is -1.33. The van der Waals surface area contributed by atoms with E-state index in [1.165, 1.54) is 16.9 Å². The molecule has 0 aliphatic rings. The number of anilines is 1. The molecule has 0 atom stereocenters. The van der Waals surface area contributed by atoms with E-state index in [-0.39, 0.29) is 5.97 Å². The fourth-order valence-corrected chi connectivity index (χ4v) is 3.95. The van der Waals surface area contributed by atoms with Gasteiger partial charge in [-0.25, -0.2) is 4.79 Å². The predicted octanol–water partition coefficient (Wildman–Crippen LogP) is 4.63. The molecule has 0 aliphatic heterocycles. The largest absolute Gasteiger partial charge is 0.456 e. The minimum Gasteiger partial charge on any atom is -0.456 e. The van der Waals surface area contributed by atoms with E-state index < -0.39 is 5.60 Å². The van der Waals surface area contributed by atoms with Crippen LogP contribution in [0.5, 0.6) is 0 Å². The zero-order valence-corrected chi connectivity index (χ0v) is 14.0. The molecule has 5 heteroatoms. The summed E-state index contributed by atoms with van der Waals surface area (Å²) in [5, 5.41) is 4.18. The third kappa shape index (κ3) is 2.88. The molecule has 0 unspecified atom stereocenters. The molecular weight excluding hydrogens is 290 g/mol. The molecule has 2 heterocycles. The van der Waals surface area contributed by atoms with Crippen molar-refractivity contribution < 1.29 is 9.53 Å². The van der Waals surface area contributed by atoms with E-state index in [1.54, 1.807) is 11.3 Å². The first-order valence-electron chi connectivity index (χ1n) is 6.36. The summed E-state index contributed by atoms with van der Waals surface area (Å²) in [7, 11) is 0. The van der Waals surface area contributed by atoms with E-state index in [4.69, 9.17) is 10.5 Å². The van der Waals surface area contributed by atoms with Gasteiger partial charge in [0.15, 0.2) is 0 Å². The lowest BCUT2D eigenvalue weighted by Gasteiger charge is -2.19. The topological polar surface area (TPSA) is 52.3 Å². The van der Waals surface area contributed by atoms with Crippen molar-refractivity contribution in [2.75, 3.05) is 5.73 Å². The Labute approximate surface area is 127 Å². The van der Waals surface area contributed by atoms with Gasteiger partial charge in [0, 0.05) is 10.4 Å². The average Bonchev–Trinajstić information content (AvgIpc) is 2.83. The summed E-state index contributed by atoms with van der Waals surface area (Å²) in [5.74, 6) is -0.345. The van der Waals surface area contributed by atoms with Crippen LogP contribution < -0.4 is 5.73 Å². The smallest absolute Gasteiger partial charge is 0.351 e. The van der Waals surface area contributed by atoms with E-state index >= 15 is 0 Å². The minimum absolute atomic E-state index is 0.345. The van der Waals surface area contributed by atoms with E-state index in [9.17, 15) is 4.79 Å². The highest BCUT2D eigenvalue weighted by Gasteiger charge is 2.25. The number of rotatable bonds is 2. The van der Waals surface area contributed by atoms with Gasteiger partial charge in [0.05, 0.1) is 5.69 Å². The second-order valence-corrected chi connectivity index (χ2v) is 7.53. The maximum Gasteiger partial charge on any atom is 0.351 e. The second-order valence-electron chi connectivity index (χ2n) is 5.77. The number of hydrogen-bond donors (Lipinski definition) is 1. The number of esters is 1. The SMILES string of the molecule is Cc1cscc1-c1sc(C(=O)OC(C)(C)C)c(N)c1C. The highest BCUT2D eigenvalue weighted by atomic mass is 32.1. The number of nitrogens with two attached hydrogens (primary N) is 1. The number of carbonyl (C=O) groups excluding carboxylic acids is 1. The lowest BCUT2D eigenvalue weighted by Crippen LogP contribution is -2.23. The number of carbonyl (C=O) groups is 1. The Balaban J connectivity index is 2.43. The van der Waals surface area contributed by atoms with Gasteiger partial charge in [-0.3, -0.25) is 0 Å². The van der Waals surface area contributed by atoms with Crippen LogP contribution in [0.25, 0.3) is 10.4 Å². The number of thiophene rings is 2. The molecule has 2 aromatic heterocycles. The molecule has 0 amide bonds. The van der Waals surface area contributed by atoms with Crippen LogP contribution in [0.4, 0.5) is 5.69 Å². The summed E-state index contributed by atoms with van der Waals surface area (Å²) < 4.78 is 5.41. The monoisotopic (exact) mass is 309 g/mol. The standard InChI is InChI=1S/C15H19NO2S2/c1-8-6-19-7-10(8)12-9(2)11(16)13(20-12)14(17)18-15(3,4)5/h6-7H,16H2,1-5H3. The zero-order chi connectivity index (χ0) is 15.1. The first-order valence-corrected chi connectivity index (χ1v) is 8.12. The Morgan fingerprint density at radius 2 is 1.90 bits per heavy atom. The molecule has 0 aromatic carbocycles. The van der Waals surface area contributed by atoms with E-state index in [2.05, 4.69) is 17.7 Å². The summed E-state index contributed by atoms with van der Waals surface area (Å²) in [6, 6.07) is 0. The molecular formula is C15H19NO2S2. The van der Waals surface area contributed by atoms with Crippen molar-refractivity contribution in [3.8, 4) is 10.4 Å². The van der Waals surface area contributed by atoms with E-state index in [0.717, 1.165) is 16.0 Å². The van der Waals surface area contributed by atoms with Gasteiger partial charge in [-0.15, -0.1) is 11.3 Å². The lowest BCUT2D eigenvalue weighted by molar-refractivity contribution is 0.00763. The van der Waals surface area contributed by atoms with Gasteiger partial charge in [-0.05, 0) is 56.5 Å². The van der Waals surface area contributed by atoms with Crippen molar-refractivity contribution in [3.05, 3.63) is 26.8 Å². The summed E-state index contributed by atoms with van der Waals surface area (Å²) in [6.45, 7) is 9.57. The molecule has 0 bridgehead atoms. The normalized spacial score (nSPS) is 11.7.